The number of halogens is 2. The van der Waals surface area contributed by atoms with Crippen LogP contribution >= 0.6 is 11.6 Å². The lowest BCUT2D eigenvalue weighted by Gasteiger charge is -2.59. The summed E-state index contributed by atoms with van der Waals surface area (Å²) in [6.07, 6.45) is 6.64. The molecule has 0 spiro atoms. The van der Waals surface area contributed by atoms with Crippen molar-refractivity contribution < 1.29 is 9.50 Å². The summed E-state index contributed by atoms with van der Waals surface area (Å²) < 4.78 is 13.2. The lowest BCUT2D eigenvalue weighted by Crippen LogP contribution is -2.58. The molecule has 4 saturated carbocycles. The predicted octanol–water partition coefficient (Wildman–Crippen LogP) is 4.21. The standard InChI is InChI=1S/C17H20ClFO/c18-16-8-15(19)2-1-12(16)9-17(20)13-4-10-3-11(6-13)7-14(17)5-10/h1-2,8,10-11,13-14,20H,3-7,9H2. The molecule has 0 unspecified atom stereocenters. The molecule has 0 heterocycles. The molecule has 4 fully saturated rings. The molecule has 4 bridgehead atoms. The van der Waals surface area contributed by atoms with E-state index in [0.717, 1.165) is 17.4 Å². The highest BCUT2D eigenvalue weighted by Crippen LogP contribution is 2.59. The van der Waals surface area contributed by atoms with Gasteiger partial charge < -0.3 is 5.11 Å². The molecule has 0 amide bonds. The van der Waals surface area contributed by atoms with Crippen LogP contribution in [0.4, 0.5) is 4.39 Å². The third kappa shape index (κ3) is 1.92. The normalized spacial score (nSPS) is 42.1. The Hall–Kier alpha value is -0.600. The van der Waals surface area contributed by atoms with Gasteiger partial charge in [-0.05, 0) is 73.5 Å². The molecule has 1 aromatic rings. The van der Waals surface area contributed by atoms with Gasteiger partial charge in [-0.1, -0.05) is 17.7 Å². The van der Waals surface area contributed by atoms with Crippen LogP contribution in [0.3, 0.4) is 0 Å². The van der Waals surface area contributed by atoms with Crippen LogP contribution in [0.25, 0.3) is 0 Å². The molecule has 0 atom stereocenters. The number of rotatable bonds is 2. The van der Waals surface area contributed by atoms with Crippen molar-refractivity contribution in [2.45, 2.75) is 44.1 Å². The lowest BCUT2D eigenvalue weighted by atomic mass is 9.49. The van der Waals surface area contributed by atoms with E-state index in [9.17, 15) is 9.50 Å². The van der Waals surface area contributed by atoms with Crippen molar-refractivity contribution in [2.24, 2.45) is 23.7 Å². The highest BCUT2D eigenvalue weighted by molar-refractivity contribution is 6.31. The summed E-state index contributed by atoms with van der Waals surface area (Å²) in [5, 5.41) is 11.7. The van der Waals surface area contributed by atoms with Gasteiger partial charge in [0.2, 0.25) is 0 Å². The van der Waals surface area contributed by atoms with E-state index in [0.29, 0.717) is 23.3 Å². The molecule has 0 radical (unpaired) electrons. The SMILES string of the molecule is OC1(Cc2ccc(F)cc2Cl)C2CC3CC(C2)CC1C3. The van der Waals surface area contributed by atoms with Gasteiger partial charge in [0.05, 0.1) is 5.60 Å². The van der Waals surface area contributed by atoms with E-state index in [1.807, 2.05) is 0 Å². The van der Waals surface area contributed by atoms with Gasteiger partial charge in [0, 0.05) is 11.4 Å². The fourth-order valence-electron chi connectivity index (χ4n) is 5.26. The number of hydrogen-bond donors (Lipinski definition) is 1. The first-order valence-electron chi connectivity index (χ1n) is 7.71. The zero-order valence-corrected chi connectivity index (χ0v) is 12.2. The van der Waals surface area contributed by atoms with Gasteiger partial charge in [0.25, 0.3) is 0 Å². The average molecular weight is 295 g/mol. The number of hydrogen-bond acceptors (Lipinski definition) is 1. The molecule has 4 aliphatic rings. The highest BCUT2D eigenvalue weighted by Gasteiger charge is 2.56. The molecule has 1 N–H and O–H groups in total. The molecule has 1 aromatic carbocycles. The maximum atomic E-state index is 13.2. The van der Waals surface area contributed by atoms with Crippen molar-refractivity contribution >= 4 is 11.6 Å². The van der Waals surface area contributed by atoms with E-state index in [1.165, 1.54) is 44.2 Å². The molecule has 108 valence electrons. The van der Waals surface area contributed by atoms with Crippen molar-refractivity contribution in [1.29, 1.82) is 0 Å². The summed E-state index contributed by atoms with van der Waals surface area (Å²) in [5.41, 5.74) is 0.276. The molecule has 4 aliphatic carbocycles. The van der Waals surface area contributed by atoms with Crippen molar-refractivity contribution in [3.63, 3.8) is 0 Å². The second-order valence-electron chi connectivity index (χ2n) is 7.21. The van der Waals surface area contributed by atoms with E-state index in [4.69, 9.17) is 11.6 Å². The summed E-state index contributed by atoms with van der Waals surface area (Å²) in [7, 11) is 0. The second kappa shape index (κ2) is 4.45. The first-order valence-corrected chi connectivity index (χ1v) is 8.08. The fourth-order valence-corrected chi connectivity index (χ4v) is 5.49. The minimum Gasteiger partial charge on any atom is -0.389 e. The smallest absolute Gasteiger partial charge is 0.124 e. The monoisotopic (exact) mass is 294 g/mol. The van der Waals surface area contributed by atoms with Gasteiger partial charge in [0.1, 0.15) is 5.82 Å². The Kier molecular flexibility index (Phi) is 2.91. The Balaban J connectivity index is 1.64. The van der Waals surface area contributed by atoms with Gasteiger partial charge >= 0.3 is 0 Å². The third-order valence-corrected chi connectivity index (χ3v) is 6.39. The van der Waals surface area contributed by atoms with Crippen LogP contribution < -0.4 is 0 Å². The van der Waals surface area contributed by atoms with Crippen LogP contribution in [0.1, 0.15) is 37.7 Å². The van der Waals surface area contributed by atoms with Crippen molar-refractivity contribution in [3.05, 3.63) is 34.6 Å². The van der Waals surface area contributed by atoms with Gasteiger partial charge in [-0.15, -0.1) is 0 Å². The summed E-state index contributed by atoms with van der Waals surface area (Å²) in [6.45, 7) is 0. The Morgan fingerprint density at radius 3 is 2.25 bits per heavy atom. The van der Waals surface area contributed by atoms with E-state index < -0.39 is 5.60 Å². The van der Waals surface area contributed by atoms with Gasteiger partial charge in [0.15, 0.2) is 0 Å². The third-order valence-electron chi connectivity index (χ3n) is 6.04. The minimum atomic E-state index is -0.616. The van der Waals surface area contributed by atoms with Gasteiger partial charge in [-0.25, -0.2) is 4.39 Å². The Labute approximate surface area is 124 Å². The van der Waals surface area contributed by atoms with Crippen molar-refractivity contribution in [2.75, 3.05) is 0 Å². The van der Waals surface area contributed by atoms with Crippen LogP contribution in [0, 0.1) is 29.5 Å². The quantitative estimate of drug-likeness (QED) is 0.866. The van der Waals surface area contributed by atoms with Gasteiger partial charge in [-0.2, -0.15) is 0 Å². The van der Waals surface area contributed by atoms with Crippen LogP contribution in [0.2, 0.25) is 5.02 Å². The molecule has 1 nitrogen and oxygen atoms in total. The summed E-state index contributed by atoms with van der Waals surface area (Å²) in [6, 6.07) is 4.54. The summed E-state index contributed by atoms with van der Waals surface area (Å²) in [4.78, 5) is 0. The molecule has 0 saturated heterocycles. The van der Waals surface area contributed by atoms with Crippen molar-refractivity contribution in [3.8, 4) is 0 Å². The topological polar surface area (TPSA) is 20.2 Å². The summed E-state index contributed by atoms with van der Waals surface area (Å²) in [5.74, 6) is 2.19. The molecule has 0 aromatic heterocycles. The first-order chi connectivity index (χ1) is 9.54. The average Bonchev–Trinajstić information content (AvgIpc) is 2.39. The molecular weight excluding hydrogens is 275 g/mol. The highest BCUT2D eigenvalue weighted by atomic mass is 35.5. The van der Waals surface area contributed by atoms with Gasteiger partial charge in [-0.3, -0.25) is 0 Å². The Morgan fingerprint density at radius 1 is 1.10 bits per heavy atom. The number of benzene rings is 1. The molecule has 0 aliphatic heterocycles. The second-order valence-corrected chi connectivity index (χ2v) is 7.62. The van der Waals surface area contributed by atoms with Crippen LogP contribution in [0.15, 0.2) is 18.2 Å². The van der Waals surface area contributed by atoms with E-state index >= 15 is 0 Å². The maximum Gasteiger partial charge on any atom is 0.124 e. The van der Waals surface area contributed by atoms with Crippen molar-refractivity contribution in [1.82, 2.24) is 0 Å². The van der Waals surface area contributed by atoms with Crippen LogP contribution in [-0.2, 0) is 6.42 Å². The Bertz CT molecular complexity index is 514. The van der Waals surface area contributed by atoms with Crippen LogP contribution in [-0.4, -0.2) is 10.7 Å². The van der Waals surface area contributed by atoms with E-state index in [1.54, 1.807) is 6.07 Å². The minimum absolute atomic E-state index is 0.309. The zero-order valence-electron chi connectivity index (χ0n) is 11.5. The van der Waals surface area contributed by atoms with E-state index in [-0.39, 0.29) is 5.82 Å². The lowest BCUT2D eigenvalue weighted by molar-refractivity contribution is -0.171. The molecule has 20 heavy (non-hydrogen) atoms. The zero-order chi connectivity index (χ0) is 13.9. The maximum absolute atomic E-state index is 13.2. The summed E-state index contributed by atoms with van der Waals surface area (Å²) >= 11 is 6.15. The fraction of sp³-hybridized carbons (Fsp3) is 0.647. The molecule has 5 rings (SSSR count). The Morgan fingerprint density at radius 2 is 1.70 bits per heavy atom. The number of aliphatic hydroxyl groups is 1. The first kappa shape index (κ1) is 13.1. The molecule has 3 heteroatoms. The van der Waals surface area contributed by atoms with Crippen LogP contribution in [0.5, 0.6) is 0 Å². The van der Waals surface area contributed by atoms with E-state index in [2.05, 4.69) is 0 Å². The largest absolute Gasteiger partial charge is 0.389 e. The predicted molar refractivity (Wildman–Crippen MR) is 77.1 cm³/mol. The molecular formula is C17H20ClFO.